The molecule has 0 N–H and O–H groups in total. The minimum atomic E-state index is -5.25. The Kier molecular flexibility index (Phi) is 13.1. The molecule has 37 heavy (non-hydrogen) atoms. The van der Waals surface area contributed by atoms with E-state index >= 15 is 0 Å². The molecule has 0 aliphatic carbocycles. The third-order valence-electron chi connectivity index (χ3n) is 4.90. The van der Waals surface area contributed by atoms with Crippen LogP contribution in [0, 0.1) is 11.8 Å². The van der Waals surface area contributed by atoms with E-state index in [1.165, 1.54) is 6.08 Å². The van der Waals surface area contributed by atoms with Crippen molar-refractivity contribution in [3.63, 3.8) is 0 Å². The Morgan fingerprint density at radius 3 is 1.86 bits per heavy atom. The van der Waals surface area contributed by atoms with E-state index < -0.39 is 58.2 Å². The zero-order valence-corrected chi connectivity index (χ0v) is 21.4. The smallest absolute Gasteiger partial charge is 0.427 e. The number of halogens is 8. The molecular formula is C26H32F8O3. The molecule has 0 bridgehead atoms. The Hall–Kier alpha value is -2.82. The Morgan fingerprint density at radius 2 is 1.38 bits per heavy atom. The predicted octanol–water partition coefficient (Wildman–Crippen LogP) is 9.31. The summed E-state index contributed by atoms with van der Waals surface area (Å²) < 4.78 is 121. The molecule has 2 atom stereocenters. The van der Waals surface area contributed by atoms with Crippen molar-refractivity contribution in [2.45, 2.75) is 59.6 Å². The molecule has 0 saturated heterocycles. The quantitative estimate of drug-likeness (QED) is 0.0890. The first-order valence-corrected chi connectivity index (χ1v) is 11.0. The highest BCUT2D eigenvalue weighted by Crippen LogP contribution is 2.34. The fourth-order valence-electron chi connectivity index (χ4n) is 2.37. The van der Waals surface area contributed by atoms with Crippen molar-refractivity contribution in [3.8, 4) is 0 Å². The van der Waals surface area contributed by atoms with Gasteiger partial charge < -0.3 is 14.2 Å². The van der Waals surface area contributed by atoms with Crippen molar-refractivity contribution in [1.82, 2.24) is 0 Å². The summed E-state index contributed by atoms with van der Waals surface area (Å²) in [7, 11) is 0. The van der Waals surface area contributed by atoms with Crippen LogP contribution in [0.4, 0.5) is 35.1 Å². The number of alkyl halides is 5. The number of hydrogen-bond donors (Lipinski definition) is 0. The summed E-state index contributed by atoms with van der Waals surface area (Å²) in [6.45, 7) is 20.9. The molecule has 0 aliphatic heterocycles. The van der Waals surface area contributed by atoms with Crippen molar-refractivity contribution in [3.05, 3.63) is 84.2 Å². The van der Waals surface area contributed by atoms with E-state index in [4.69, 9.17) is 4.74 Å². The monoisotopic (exact) mass is 544 g/mol. The van der Waals surface area contributed by atoms with Crippen molar-refractivity contribution < 1.29 is 49.3 Å². The third kappa shape index (κ3) is 12.3. The van der Waals surface area contributed by atoms with Crippen LogP contribution in [0.3, 0.4) is 0 Å². The van der Waals surface area contributed by atoms with Crippen molar-refractivity contribution in [2.75, 3.05) is 6.61 Å². The number of allylic oxidation sites excluding steroid dienone is 7. The lowest BCUT2D eigenvalue weighted by molar-refractivity contribution is -0.304. The van der Waals surface area contributed by atoms with E-state index in [0.29, 0.717) is 12.5 Å². The van der Waals surface area contributed by atoms with Gasteiger partial charge in [-0.25, -0.2) is 8.78 Å². The van der Waals surface area contributed by atoms with Gasteiger partial charge in [0.2, 0.25) is 5.83 Å². The van der Waals surface area contributed by atoms with Gasteiger partial charge in [0.05, 0.1) is 6.10 Å². The van der Waals surface area contributed by atoms with Gasteiger partial charge in [0.25, 0.3) is 0 Å². The minimum absolute atomic E-state index is 0.137. The van der Waals surface area contributed by atoms with Gasteiger partial charge in [0.15, 0.2) is 23.2 Å². The lowest BCUT2D eigenvalue weighted by Gasteiger charge is -2.22. The number of ether oxygens (including phenoxy) is 3. The average molecular weight is 545 g/mol. The maximum absolute atomic E-state index is 14.4. The summed E-state index contributed by atoms with van der Waals surface area (Å²) in [6, 6.07) is 0. The van der Waals surface area contributed by atoms with Crippen LogP contribution in [0.15, 0.2) is 84.2 Å². The van der Waals surface area contributed by atoms with Crippen molar-refractivity contribution >= 4 is 0 Å². The van der Waals surface area contributed by atoms with Crippen LogP contribution in [-0.2, 0) is 14.2 Å². The molecule has 0 aromatic rings. The zero-order chi connectivity index (χ0) is 29.3. The third-order valence-corrected chi connectivity index (χ3v) is 4.90. The van der Waals surface area contributed by atoms with Crippen LogP contribution in [0.2, 0.25) is 0 Å². The average Bonchev–Trinajstić information content (AvgIpc) is 2.77. The molecule has 0 spiro atoms. The molecule has 210 valence electrons. The molecule has 0 fully saturated rings. The number of hydrogen-bond acceptors (Lipinski definition) is 3. The van der Waals surface area contributed by atoms with E-state index in [2.05, 4.69) is 35.8 Å². The molecule has 11 heteroatoms. The van der Waals surface area contributed by atoms with Gasteiger partial charge in [-0.3, -0.25) is 0 Å². The van der Waals surface area contributed by atoms with Crippen LogP contribution >= 0.6 is 0 Å². The highest BCUT2D eigenvalue weighted by Gasteiger charge is 2.36. The highest BCUT2D eigenvalue weighted by atomic mass is 19.4. The zero-order valence-electron chi connectivity index (χ0n) is 21.4. The van der Waals surface area contributed by atoms with E-state index in [0.717, 1.165) is 6.92 Å². The van der Waals surface area contributed by atoms with E-state index in [-0.39, 0.29) is 24.5 Å². The largest absolute Gasteiger partial charge is 0.573 e. The molecule has 0 saturated carbocycles. The van der Waals surface area contributed by atoms with Gasteiger partial charge in [-0.2, -0.15) is 13.2 Å². The second kappa shape index (κ2) is 14.2. The van der Waals surface area contributed by atoms with Gasteiger partial charge in [-0.05, 0) is 43.8 Å². The lowest BCUT2D eigenvalue weighted by atomic mass is 10.00. The van der Waals surface area contributed by atoms with E-state index in [1.807, 2.05) is 13.8 Å². The molecule has 3 nitrogen and oxygen atoms in total. The molecule has 0 rings (SSSR count). The SMILES string of the molecule is C=C(/C=C(/F)C(=C)OC(F)(F)F)C(=C)/C(F)=C(/F)C(=C)OC(F)(F)/C(C)=C/CC(C)C(C)OCC(C)C. The molecule has 0 radical (unpaired) electrons. The second-order valence-electron chi connectivity index (χ2n) is 8.67. The molecule has 0 aromatic carbocycles. The van der Waals surface area contributed by atoms with Gasteiger partial charge >= 0.3 is 12.5 Å². The standard InChI is InChI=1S/C26H32F8O3/c1-14(2)13-35-19(7)15(3)10-11-17(5)25(30,31)36-21(9)24(29)23(28)18(6)16(4)12-22(27)20(8)37-26(32,33)34/h11-12,14-15,19H,4,6,8-10,13H2,1-3,5,7H3/b17-11+,22-12+,24-23-. The van der Waals surface area contributed by atoms with Gasteiger partial charge in [0.1, 0.15) is 0 Å². The Morgan fingerprint density at radius 1 is 0.838 bits per heavy atom. The molecule has 0 heterocycles. The van der Waals surface area contributed by atoms with Crippen LogP contribution < -0.4 is 0 Å². The van der Waals surface area contributed by atoms with Gasteiger partial charge in [-0.15, -0.1) is 13.2 Å². The normalized spacial score (nSPS) is 15.6. The molecular weight excluding hydrogens is 512 g/mol. The molecule has 2 unspecified atom stereocenters. The predicted molar refractivity (Wildman–Crippen MR) is 126 cm³/mol. The van der Waals surface area contributed by atoms with Gasteiger partial charge in [0, 0.05) is 17.8 Å². The summed E-state index contributed by atoms with van der Waals surface area (Å²) in [5, 5.41) is 0. The van der Waals surface area contributed by atoms with Crippen molar-refractivity contribution in [2.24, 2.45) is 11.8 Å². The summed E-state index contributed by atoms with van der Waals surface area (Å²) in [5.41, 5.74) is -2.31. The summed E-state index contributed by atoms with van der Waals surface area (Å²) in [5.74, 6) is -8.33. The number of rotatable bonds is 15. The molecule has 0 amide bonds. The van der Waals surface area contributed by atoms with Gasteiger partial charge in [-0.1, -0.05) is 53.2 Å². The van der Waals surface area contributed by atoms with E-state index in [1.54, 1.807) is 13.8 Å². The maximum Gasteiger partial charge on any atom is 0.573 e. The minimum Gasteiger partial charge on any atom is -0.427 e. The Balaban J connectivity index is 5.39. The van der Waals surface area contributed by atoms with Crippen LogP contribution in [0.1, 0.15) is 41.0 Å². The lowest BCUT2D eigenvalue weighted by Crippen LogP contribution is -2.23. The summed E-state index contributed by atoms with van der Waals surface area (Å²) in [6.07, 6.45) is -7.94. The van der Waals surface area contributed by atoms with Crippen LogP contribution in [0.25, 0.3) is 0 Å². The first-order chi connectivity index (χ1) is 16.7. The molecule has 0 aliphatic rings. The summed E-state index contributed by atoms with van der Waals surface area (Å²) >= 11 is 0. The topological polar surface area (TPSA) is 27.7 Å². The summed E-state index contributed by atoms with van der Waals surface area (Å²) in [4.78, 5) is 0. The van der Waals surface area contributed by atoms with E-state index in [9.17, 15) is 35.1 Å². The van der Waals surface area contributed by atoms with Crippen LogP contribution in [-0.4, -0.2) is 25.2 Å². The fourth-order valence-corrected chi connectivity index (χ4v) is 2.37. The second-order valence-corrected chi connectivity index (χ2v) is 8.67. The Bertz CT molecular complexity index is 955. The highest BCUT2D eigenvalue weighted by molar-refractivity contribution is 5.50. The first kappa shape index (κ1) is 34.2. The Labute approximate surface area is 212 Å². The van der Waals surface area contributed by atoms with Crippen molar-refractivity contribution in [1.29, 1.82) is 0 Å². The first-order valence-electron chi connectivity index (χ1n) is 11.0. The van der Waals surface area contributed by atoms with Crippen LogP contribution in [0.5, 0.6) is 0 Å². The molecule has 0 aromatic heterocycles. The maximum atomic E-state index is 14.4. The fraction of sp³-hybridized carbons (Fsp3) is 0.462.